The fraction of sp³-hybridized carbons (Fsp3) is 0.333. The lowest BCUT2D eigenvalue weighted by Crippen LogP contribution is -2.47. The van der Waals surface area contributed by atoms with Crippen LogP contribution < -0.4 is 20.9 Å². The molecule has 2 aromatic rings. The van der Waals surface area contributed by atoms with Crippen LogP contribution in [-0.4, -0.2) is 38.0 Å². The van der Waals surface area contributed by atoms with Crippen LogP contribution in [0.1, 0.15) is 18.1 Å². The first kappa shape index (κ1) is 23.3. The van der Waals surface area contributed by atoms with Gasteiger partial charge >= 0.3 is 0 Å². The van der Waals surface area contributed by atoms with Crippen LogP contribution >= 0.6 is 35.6 Å². The number of anilines is 1. The third-order valence-corrected chi connectivity index (χ3v) is 4.73. The van der Waals surface area contributed by atoms with Crippen molar-refractivity contribution in [1.82, 2.24) is 16.0 Å². The standard InChI is InChI=1S/C21H26ClN5O.HI/c1-2-23-21(25-13-16-3-7-18(22)8-4-16)26-14-17-5-9-19(10-6-17)27-12-11-24-20(28)15-27;/h3-10H,2,11-15H2,1H3,(H,24,28)(H2,23,25,26);1H. The van der Waals surface area contributed by atoms with Gasteiger partial charge in [0.1, 0.15) is 0 Å². The van der Waals surface area contributed by atoms with Gasteiger partial charge in [-0.15, -0.1) is 24.0 Å². The molecule has 1 saturated heterocycles. The Hall–Kier alpha value is -2.00. The second-order valence-corrected chi connectivity index (χ2v) is 7.05. The number of nitrogens with one attached hydrogen (secondary N) is 3. The van der Waals surface area contributed by atoms with Crippen LogP contribution in [0.25, 0.3) is 0 Å². The number of amides is 1. The molecule has 3 rings (SSSR count). The number of guanidine groups is 1. The van der Waals surface area contributed by atoms with Crippen LogP contribution in [0.3, 0.4) is 0 Å². The number of halogens is 2. The highest BCUT2D eigenvalue weighted by Crippen LogP contribution is 2.16. The highest BCUT2D eigenvalue weighted by molar-refractivity contribution is 14.0. The van der Waals surface area contributed by atoms with Crippen LogP contribution in [0, 0.1) is 0 Å². The van der Waals surface area contributed by atoms with E-state index in [9.17, 15) is 4.79 Å². The van der Waals surface area contributed by atoms with Crippen molar-refractivity contribution in [2.45, 2.75) is 20.0 Å². The van der Waals surface area contributed by atoms with Crippen LogP contribution in [0.2, 0.25) is 5.02 Å². The summed E-state index contributed by atoms with van der Waals surface area (Å²) in [6.45, 7) is 6.04. The van der Waals surface area contributed by atoms with Crippen LogP contribution in [0.5, 0.6) is 0 Å². The molecule has 1 heterocycles. The number of carbonyl (C=O) groups is 1. The van der Waals surface area contributed by atoms with Crippen molar-refractivity contribution in [3.63, 3.8) is 0 Å². The fourth-order valence-electron chi connectivity index (χ4n) is 2.97. The average molecular weight is 528 g/mol. The van der Waals surface area contributed by atoms with Gasteiger partial charge in [0.15, 0.2) is 5.96 Å². The number of carbonyl (C=O) groups excluding carboxylic acids is 1. The number of benzene rings is 2. The maximum Gasteiger partial charge on any atom is 0.239 e. The molecule has 1 amide bonds. The van der Waals surface area contributed by atoms with Gasteiger partial charge in [-0.1, -0.05) is 35.9 Å². The van der Waals surface area contributed by atoms with Gasteiger partial charge in [0.2, 0.25) is 5.91 Å². The molecular weight excluding hydrogens is 501 g/mol. The minimum Gasteiger partial charge on any atom is -0.360 e. The lowest BCUT2D eigenvalue weighted by molar-refractivity contribution is -0.120. The predicted molar refractivity (Wildman–Crippen MR) is 130 cm³/mol. The molecule has 3 N–H and O–H groups in total. The van der Waals surface area contributed by atoms with Crippen LogP contribution in [-0.2, 0) is 17.9 Å². The first-order valence-electron chi connectivity index (χ1n) is 9.51. The highest BCUT2D eigenvalue weighted by atomic mass is 127. The molecule has 0 unspecified atom stereocenters. The molecule has 0 atom stereocenters. The largest absolute Gasteiger partial charge is 0.360 e. The second kappa shape index (κ2) is 11.9. The Morgan fingerprint density at radius 1 is 1.10 bits per heavy atom. The Balaban J connectivity index is 0.00000300. The van der Waals surface area contributed by atoms with Crippen molar-refractivity contribution in [3.05, 3.63) is 64.7 Å². The Morgan fingerprint density at radius 2 is 1.79 bits per heavy atom. The average Bonchev–Trinajstić information content (AvgIpc) is 2.72. The summed E-state index contributed by atoms with van der Waals surface area (Å²) in [5.41, 5.74) is 3.33. The van der Waals surface area contributed by atoms with E-state index in [0.29, 0.717) is 26.2 Å². The van der Waals surface area contributed by atoms with Crippen molar-refractivity contribution in [2.75, 3.05) is 31.1 Å². The molecule has 1 aliphatic heterocycles. The molecular formula is C21H27ClIN5O. The van der Waals surface area contributed by atoms with Gasteiger partial charge in [0.05, 0.1) is 13.1 Å². The molecule has 0 radical (unpaired) electrons. The first-order valence-corrected chi connectivity index (χ1v) is 9.89. The molecule has 8 heteroatoms. The number of piperazine rings is 1. The lowest BCUT2D eigenvalue weighted by Gasteiger charge is -2.28. The quantitative estimate of drug-likeness (QED) is 0.307. The molecule has 156 valence electrons. The van der Waals surface area contributed by atoms with Crippen molar-refractivity contribution in [2.24, 2.45) is 4.99 Å². The number of hydrogen-bond acceptors (Lipinski definition) is 3. The monoisotopic (exact) mass is 527 g/mol. The van der Waals surface area contributed by atoms with Gasteiger partial charge in [-0.05, 0) is 42.3 Å². The summed E-state index contributed by atoms with van der Waals surface area (Å²) >= 11 is 5.93. The Morgan fingerprint density at radius 3 is 2.45 bits per heavy atom. The van der Waals surface area contributed by atoms with Gasteiger partial charge in [-0.25, -0.2) is 4.99 Å². The molecule has 29 heavy (non-hydrogen) atoms. The van der Waals surface area contributed by atoms with E-state index in [1.165, 1.54) is 0 Å². The maximum atomic E-state index is 11.5. The lowest BCUT2D eigenvalue weighted by atomic mass is 10.2. The van der Waals surface area contributed by atoms with Crippen molar-refractivity contribution in [3.8, 4) is 0 Å². The summed E-state index contributed by atoms with van der Waals surface area (Å²) in [5, 5.41) is 10.2. The number of rotatable bonds is 6. The van der Waals surface area contributed by atoms with Gasteiger partial charge in [0, 0.05) is 36.9 Å². The van der Waals surface area contributed by atoms with E-state index in [4.69, 9.17) is 11.6 Å². The van der Waals surface area contributed by atoms with Gasteiger partial charge in [-0.2, -0.15) is 0 Å². The van der Waals surface area contributed by atoms with Gasteiger partial charge < -0.3 is 20.9 Å². The third kappa shape index (κ3) is 7.40. The number of hydrogen-bond donors (Lipinski definition) is 3. The topological polar surface area (TPSA) is 68.8 Å². The molecule has 0 bridgehead atoms. The SMILES string of the molecule is CCNC(=NCc1ccc(N2CCNC(=O)C2)cc1)NCc1ccc(Cl)cc1.I. The second-order valence-electron chi connectivity index (χ2n) is 6.61. The molecule has 6 nitrogen and oxygen atoms in total. The Bertz CT molecular complexity index is 811. The molecule has 0 aliphatic carbocycles. The van der Waals surface area contributed by atoms with Gasteiger partial charge in [0.25, 0.3) is 0 Å². The summed E-state index contributed by atoms with van der Waals surface area (Å²) in [6, 6.07) is 16.0. The number of aliphatic imine (C=N–C) groups is 1. The normalized spacial score (nSPS) is 14.1. The third-order valence-electron chi connectivity index (χ3n) is 4.48. The Labute approximate surface area is 194 Å². The summed E-state index contributed by atoms with van der Waals surface area (Å²) in [6.07, 6.45) is 0. The van der Waals surface area contributed by atoms with E-state index in [2.05, 4.69) is 50.1 Å². The van der Waals surface area contributed by atoms with E-state index >= 15 is 0 Å². The van der Waals surface area contributed by atoms with E-state index in [1.54, 1.807) is 0 Å². The van der Waals surface area contributed by atoms with E-state index in [0.717, 1.165) is 40.9 Å². The van der Waals surface area contributed by atoms with Crippen LogP contribution in [0.15, 0.2) is 53.5 Å². The smallest absolute Gasteiger partial charge is 0.239 e. The zero-order valence-corrected chi connectivity index (χ0v) is 19.5. The number of nitrogens with zero attached hydrogens (tertiary/aromatic N) is 2. The summed E-state index contributed by atoms with van der Waals surface area (Å²) < 4.78 is 0. The summed E-state index contributed by atoms with van der Waals surface area (Å²) in [5.74, 6) is 0.844. The minimum atomic E-state index is 0. The van der Waals surface area contributed by atoms with Crippen molar-refractivity contribution >= 4 is 53.1 Å². The van der Waals surface area contributed by atoms with Crippen molar-refractivity contribution in [1.29, 1.82) is 0 Å². The van der Waals surface area contributed by atoms with Crippen LogP contribution in [0.4, 0.5) is 5.69 Å². The zero-order valence-electron chi connectivity index (χ0n) is 16.5. The minimum absolute atomic E-state index is 0. The maximum absolute atomic E-state index is 11.5. The van der Waals surface area contributed by atoms with Gasteiger partial charge in [-0.3, -0.25) is 4.79 Å². The molecule has 2 aromatic carbocycles. The molecule has 0 saturated carbocycles. The molecule has 1 fully saturated rings. The molecule has 1 aliphatic rings. The molecule has 0 spiro atoms. The predicted octanol–water partition coefficient (Wildman–Crippen LogP) is 3.15. The van der Waals surface area contributed by atoms with E-state index < -0.39 is 0 Å². The first-order chi connectivity index (χ1) is 13.6. The Kier molecular flexibility index (Phi) is 9.53. The summed E-state index contributed by atoms with van der Waals surface area (Å²) in [7, 11) is 0. The van der Waals surface area contributed by atoms with Crippen molar-refractivity contribution < 1.29 is 4.79 Å². The van der Waals surface area contributed by atoms with E-state index in [-0.39, 0.29) is 29.9 Å². The molecule has 0 aromatic heterocycles. The highest BCUT2D eigenvalue weighted by Gasteiger charge is 2.16. The summed E-state index contributed by atoms with van der Waals surface area (Å²) in [4.78, 5) is 18.3. The van der Waals surface area contributed by atoms with E-state index in [1.807, 2.05) is 31.2 Å². The fourth-order valence-corrected chi connectivity index (χ4v) is 3.10. The zero-order chi connectivity index (χ0) is 19.8.